The highest BCUT2D eigenvalue weighted by atomic mass is 127. The molecule has 1 aromatic rings. The van der Waals surface area contributed by atoms with Gasteiger partial charge in [0.05, 0.1) is 10.7 Å². The van der Waals surface area contributed by atoms with Gasteiger partial charge in [-0.05, 0) is 34.7 Å². The molecule has 0 N–H and O–H groups in total. The molecule has 0 atom stereocenters. The van der Waals surface area contributed by atoms with E-state index in [2.05, 4.69) is 15.0 Å². The van der Waals surface area contributed by atoms with Gasteiger partial charge in [0.2, 0.25) is 0 Å². The van der Waals surface area contributed by atoms with Gasteiger partial charge in [-0.15, -0.1) is 10.2 Å². The van der Waals surface area contributed by atoms with E-state index in [9.17, 15) is 18.0 Å². The fourth-order valence-electron chi connectivity index (χ4n) is 1.47. The van der Waals surface area contributed by atoms with Crippen LogP contribution >= 0.6 is 22.6 Å². The number of esters is 1. The molecule has 20 heavy (non-hydrogen) atoms. The zero-order chi connectivity index (χ0) is 15.0. The summed E-state index contributed by atoms with van der Waals surface area (Å²) in [5.41, 5.74) is -2.53. The summed E-state index contributed by atoms with van der Waals surface area (Å²) >= 11 is 1.81. The molecule has 2 rings (SSSR count). The zero-order valence-corrected chi connectivity index (χ0v) is 12.2. The molecule has 0 radical (unpaired) electrons. The predicted molar refractivity (Wildman–Crippen MR) is 69.3 cm³/mol. The number of ether oxygens (including phenoxy) is 2. The van der Waals surface area contributed by atoms with E-state index in [1.165, 1.54) is 25.3 Å². The van der Waals surface area contributed by atoms with Crippen molar-refractivity contribution in [2.45, 2.75) is 11.8 Å². The van der Waals surface area contributed by atoms with Crippen molar-refractivity contribution in [3.05, 3.63) is 27.3 Å². The molecule has 1 aliphatic heterocycles. The third-order valence-electron chi connectivity index (χ3n) is 2.60. The number of benzene rings is 1. The van der Waals surface area contributed by atoms with Gasteiger partial charge in [-0.3, -0.25) is 0 Å². The van der Waals surface area contributed by atoms with Crippen molar-refractivity contribution in [3.63, 3.8) is 0 Å². The third-order valence-corrected chi connectivity index (χ3v) is 3.45. The number of rotatable bonds is 4. The summed E-state index contributed by atoms with van der Waals surface area (Å²) in [6.07, 6.45) is -4.57. The average Bonchev–Trinajstić information content (AvgIpc) is 3.17. The van der Waals surface area contributed by atoms with Crippen molar-refractivity contribution >= 4 is 28.6 Å². The first kappa shape index (κ1) is 15.0. The molecule has 1 heterocycles. The number of hydrogen-bond acceptors (Lipinski definition) is 5. The lowest BCUT2D eigenvalue weighted by molar-refractivity contribution is -0.166. The summed E-state index contributed by atoms with van der Waals surface area (Å²) in [6.45, 7) is -0.314. The Labute approximate surface area is 125 Å². The molecule has 5 nitrogen and oxygen atoms in total. The van der Waals surface area contributed by atoms with Crippen LogP contribution in [0.1, 0.15) is 5.56 Å². The van der Waals surface area contributed by atoms with Crippen LogP contribution < -0.4 is 4.74 Å². The summed E-state index contributed by atoms with van der Waals surface area (Å²) in [4.78, 5) is 10.9. The lowest BCUT2D eigenvalue weighted by Gasteiger charge is -2.16. The summed E-state index contributed by atoms with van der Waals surface area (Å²) in [5.74, 6) is -0.290. The van der Waals surface area contributed by atoms with Gasteiger partial charge in [0.25, 0.3) is 0 Å². The largest absolute Gasteiger partial charge is 0.481 e. The van der Waals surface area contributed by atoms with Gasteiger partial charge in [-0.1, -0.05) is 6.07 Å². The monoisotopic (exact) mass is 400 g/mol. The quantitative estimate of drug-likeness (QED) is 0.577. The molecular weight excluding hydrogens is 392 g/mol. The lowest BCUT2D eigenvalue weighted by Crippen LogP contribution is -2.30. The van der Waals surface area contributed by atoms with Crippen molar-refractivity contribution in [2.75, 3.05) is 13.7 Å². The van der Waals surface area contributed by atoms with Crippen molar-refractivity contribution in [3.8, 4) is 5.75 Å². The second-order valence-corrected chi connectivity index (χ2v) is 5.04. The molecular formula is C11H8F3IN2O3. The van der Waals surface area contributed by atoms with Crippen LogP contribution in [0.3, 0.4) is 0 Å². The number of alkyl halides is 3. The molecule has 1 aliphatic rings. The Morgan fingerprint density at radius 3 is 2.50 bits per heavy atom. The number of methoxy groups -OCH3 is 1. The minimum Gasteiger partial charge on any atom is -0.481 e. The summed E-state index contributed by atoms with van der Waals surface area (Å²) < 4.78 is 48.5. The Balaban J connectivity index is 2.17. The summed E-state index contributed by atoms with van der Waals surface area (Å²) in [5, 5.41) is 6.23. The van der Waals surface area contributed by atoms with Crippen LogP contribution in [0.2, 0.25) is 0 Å². The number of nitrogens with zero attached hydrogens (tertiary/aromatic N) is 2. The molecule has 1 aromatic carbocycles. The van der Waals surface area contributed by atoms with E-state index in [0.29, 0.717) is 3.57 Å². The summed E-state index contributed by atoms with van der Waals surface area (Å²) in [7, 11) is 1.21. The van der Waals surface area contributed by atoms with E-state index in [0.717, 1.165) is 0 Å². The van der Waals surface area contributed by atoms with Crippen LogP contribution in [0.4, 0.5) is 13.2 Å². The van der Waals surface area contributed by atoms with E-state index in [1.54, 1.807) is 0 Å². The lowest BCUT2D eigenvalue weighted by atomic mass is 10.0. The molecule has 0 unspecified atom stereocenters. The van der Waals surface area contributed by atoms with Crippen LogP contribution in [0, 0.1) is 3.57 Å². The minimum atomic E-state index is -4.57. The Morgan fingerprint density at radius 1 is 1.40 bits per heavy atom. The van der Waals surface area contributed by atoms with Gasteiger partial charge < -0.3 is 9.47 Å². The third kappa shape index (κ3) is 2.72. The standard InChI is InChI=1S/C11H8F3IN2O3/c1-19-9(18)5-20-8-3-2-6(4-7(8)15)10(16-17-10)11(12,13)14/h2-4H,5H2,1H3. The molecule has 0 aromatic heterocycles. The van der Waals surface area contributed by atoms with E-state index >= 15 is 0 Å². The molecule has 0 bridgehead atoms. The van der Waals surface area contributed by atoms with E-state index < -0.39 is 17.8 Å². The molecule has 0 fully saturated rings. The molecule has 0 aliphatic carbocycles. The van der Waals surface area contributed by atoms with E-state index in [1.807, 2.05) is 22.6 Å². The number of carbonyl (C=O) groups excluding carboxylic acids is 1. The Bertz CT molecular complexity index is 569. The maximum atomic E-state index is 12.8. The molecule has 0 amide bonds. The fraction of sp³-hybridized carbons (Fsp3) is 0.364. The van der Waals surface area contributed by atoms with Gasteiger partial charge in [0.15, 0.2) is 6.61 Å². The Morgan fingerprint density at radius 2 is 2.05 bits per heavy atom. The highest BCUT2D eigenvalue weighted by Crippen LogP contribution is 2.52. The topological polar surface area (TPSA) is 60.2 Å². The molecule has 0 saturated carbocycles. The van der Waals surface area contributed by atoms with Gasteiger partial charge >= 0.3 is 17.8 Å². The molecule has 0 saturated heterocycles. The molecule has 108 valence electrons. The van der Waals surface area contributed by atoms with E-state index in [4.69, 9.17) is 4.74 Å². The number of halogens is 4. The van der Waals surface area contributed by atoms with Crippen molar-refractivity contribution in [1.82, 2.24) is 0 Å². The van der Waals surface area contributed by atoms with Gasteiger partial charge in [0.1, 0.15) is 5.75 Å². The SMILES string of the molecule is COC(=O)COc1ccc(C2(C(F)(F)F)N=N2)cc1I. The van der Waals surface area contributed by atoms with Gasteiger partial charge in [-0.2, -0.15) is 13.2 Å². The van der Waals surface area contributed by atoms with E-state index in [-0.39, 0.29) is 17.9 Å². The van der Waals surface area contributed by atoms with Crippen LogP contribution in [0.5, 0.6) is 5.75 Å². The number of carbonyl (C=O) groups is 1. The maximum absolute atomic E-state index is 12.8. The fourth-order valence-corrected chi connectivity index (χ4v) is 2.14. The second kappa shape index (κ2) is 5.19. The zero-order valence-electron chi connectivity index (χ0n) is 10.1. The van der Waals surface area contributed by atoms with Crippen molar-refractivity contribution in [1.29, 1.82) is 0 Å². The minimum absolute atomic E-state index is 0.0835. The van der Waals surface area contributed by atoms with Crippen LogP contribution in [-0.2, 0) is 15.2 Å². The van der Waals surface area contributed by atoms with Gasteiger partial charge in [0, 0.05) is 5.56 Å². The van der Waals surface area contributed by atoms with Gasteiger partial charge in [-0.25, -0.2) is 4.79 Å². The smallest absolute Gasteiger partial charge is 0.442 e. The first-order valence-corrected chi connectivity index (χ1v) is 6.38. The first-order valence-electron chi connectivity index (χ1n) is 5.30. The molecule has 0 spiro atoms. The first-order chi connectivity index (χ1) is 9.30. The van der Waals surface area contributed by atoms with Crippen LogP contribution in [0.25, 0.3) is 0 Å². The Hall–Kier alpha value is -1.39. The highest BCUT2D eigenvalue weighted by Gasteiger charge is 2.65. The molecule has 9 heteroatoms. The predicted octanol–water partition coefficient (Wildman–Crippen LogP) is 3.02. The highest BCUT2D eigenvalue weighted by molar-refractivity contribution is 14.1. The second-order valence-electron chi connectivity index (χ2n) is 3.88. The average molecular weight is 400 g/mol. The Kier molecular flexibility index (Phi) is 3.89. The summed E-state index contributed by atoms with van der Waals surface area (Å²) in [6, 6.07) is 3.85. The van der Waals surface area contributed by atoms with Crippen molar-refractivity contribution < 1.29 is 27.4 Å². The maximum Gasteiger partial charge on any atom is 0.442 e. The number of hydrogen-bond donors (Lipinski definition) is 0. The van der Waals surface area contributed by atoms with Crippen molar-refractivity contribution in [2.24, 2.45) is 10.2 Å². The van der Waals surface area contributed by atoms with Crippen LogP contribution in [0.15, 0.2) is 28.4 Å². The van der Waals surface area contributed by atoms with Crippen LogP contribution in [-0.4, -0.2) is 25.9 Å². The normalized spacial score (nSPS) is 15.8.